The van der Waals surface area contributed by atoms with Gasteiger partial charge in [-0.15, -0.1) is 11.3 Å². The Morgan fingerprint density at radius 1 is 1.10 bits per heavy atom. The van der Waals surface area contributed by atoms with Gasteiger partial charge in [-0.05, 0) is 48.5 Å². The Hall–Kier alpha value is -3.39. The van der Waals surface area contributed by atoms with Gasteiger partial charge in [-0.1, -0.05) is 0 Å². The van der Waals surface area contributed by atoms with E-state index in [0.717, 1.165) is 32.6 Å². The van der Waals surface area contributed by atoms with Crippen molar-refractivity contribution in [1.29, 1.82) is 0 Å². The number of anilines is 2. The molecule has 0 saturated carbocycles. The summed E-state index contributed by atoms with van der Waals surface area (Å²) in [6, 6.07) is 14.1. The van der Waals surface area contributed by atoms with Gasteiger partial charge in [0, 0.05) is 42.6 Å². The molecule has 31 heavy (non-hydrogen) atoms. The summed E-state index contributed by atoms with van der Waals surface area (Å²) in [4.78, 5) is 23.2. The number of amides is 1. The first-order valence-electron chi connectivity index (χ1n) is 10.00. The summed E-state index contributed by atoms with van der Waals surface area (Å²) in [5, 5.41) is 1.71. The normalized spacial score (nSPS) is 14.4. The Kier molecular flexibility index (Phi) is 4.86. The molecule has 0 radical (unpaired) electrons. The minimum atomic E-state index is -0.252. The fourth-order valence-electron chi connectivity index (χ4n) is 3.93. The van der Waals surface area contributed by atoms with E-state index in [1.165, 1.54) is 23.5 Å². The number of methoxy groups -OCH3 is 1. The van der Waals surface area contributed by atoms with Crippen molar-refractivity contribution in [3.8, 4) is 5.75 Å². The zero-order valence-electron chi connectivity index (χ0n) is 17.0. The second-order valence-electron chi connectivity index (χ2n) is 7.50. The minimum Gasteiger partial charge on any atom is -0.497 e. The van der Waals surface area contributed by atoms with Gasteiger partial charge in [-0.2, -0.15) is 0 Å². The Morgan fingerprint density at radius 2 is 1.84 bits per heavy atom. The number of carbonyl (C=O) groups excluding carboxylic acids is 1. The molecule has 0 atom stereocenters. The fourth-order valence-corrected chi connectivity index (χ4v) is 4.98. The summed E-state index contributed by atoms with van der Waals surface area (Å²) in [6.07, 6.45) is 0. The molecule has 1 aliphatic rings. The van der Waals surface area contributed by atoms with Gasteiger partial charge in [0.15, 0.2) is 0 Å². The number of benzene rings is 2. The van der Waals surface area contributed by atoms with E-state index in [1.807, 2.05) is 29.2 Å². The summed E-state index contributed by atoms with van der Waals surface area (Å²) in [7, 11) is 1.62. The van der Waals surface area contributed by atoms with Gasteiger partial charge in [0.1, 0.15) is 21.3 Å². The van der Waals surface area contributed by atoms with Gasteiger partial charge in [0.05, 0.1) is 18.3 Å². The van der Waals surface area contributed by atoms with Crippen LogP contribution < -0.4 is 15.4 Å². The number of hydrogen-bond acceptors (Lipinski definition) is 6. The van der Waals surface area contributed by atoms with Crippen LogP contribution in [0, 0.1) is 5.82 Å². The van der Waals surface area contributed by atoms with Crippen LogP contribution in [0.25, 0.3) is 21.1 Å². The van der Waals surface area contributed by atoms with Crippen LogP contribution in [0.1, 0.15) is 9.67 Å². The van der Waals surface area contributed by atoms with Crippen LogP contribution in [-0.4, -0.2) is 49.1 Å². The quantitative estimate of drug-likeness (QED) is 0.523. The van der Waals surface area contributed by atoms with Crippen molar-refractivity contribution in [2.24, 2.45) is 0 Å². The Labute approximate surface area is 182 Å². The van der Waals surface area contributed by atoms with Gasteiger partial charge in [-0.25, -0.2) is 9.37 Å². The number of piperazine rings is 1. The lowest BCUT2D eigenvalue weighted by molar-refractivity contribution is 0.0752. The molecule has 1 saturated heterocycles. The molecule has 2 N–H and O–H groups in total. The number of ether oxygens (including phenoxy) is 1. The molecule has 0 aliphatic carbocycles. The maximum absolute atomic E-state index is 13.2. The summed E-state index contributed by atoms with van der Waals surface area (Å²) >= 11 is 1.34. The van der Waals surface area contributed by atoms with Crippen molar-refractivity contribution in [2.75, 3.05) is 43.9 Å². The Bertz CT molecular complexity index is 1280. The largest absolute Gasteiger partial charge is 0.497 e. The van der Waals surface area contributed by atoms with Crippen LogP contribution in [0.2, 0.25) is 0 Å². The number of thiophene rings is 1. The van der Waals surface area contributed by atoms with E-state index in [2.05, 4.69) is 4.90 Å². The lowest BCUT2D eigenvalue weighted by atomic mass is 10.1. The Morgan fingerprint density at radius 3 is 2.55 bits per heavy atom. The van der Waals surface area contributed by atoms with E-state index < -0.39 is 0 Å². The zero-order chi connectivity index (χ0) is 21.5. The predicted octanol–water partition coefficient (Wildman–Crippen LogP) is 4.14. The summed E-state index contributed by atoms with van der Waals surface area (Å²) in [5.74, 6) is 0.427. The second kappa shape index (κ2) is 7.70. The first-order valence-corrected chi connectivity index (χ1v) is 10.8. The highest BCUT2D eigenvalue weighted by atomic mass is 32.1. The smallest absolute Gasteiger partial charge is 0.266 e. The molecule has 3 heterocycles. The van der Waals surface area contributed by atoms with Gasteiger partial charge in [0.25, 0.3) is 5.91 Å². The lowest BCUT2D eigenvalue weighted by Crippen LogP contribution is -2.48. The molecule has 0 spiro atoms. The third kappa shape index (κ3) is 3.53. The average Bonchev–Trinajstić information content (AvgIpc) is 3.12. The lowest BCUT2D eigenvalue weighted by Gasteiger charge is -2.36. The first kappa shape index (κ1) is 19.6. The second-order valence-corrected chi connectivity index (χ2v) is 8.50. The molecule has 6 nitrogen and oxygen atoms in total. The third-order valence-corrected chi connectivity index (χ3v) is 6.78. The molecule has 0 bridgehead atoms. The van der Waals surface area contributed by atoms with Crippen LogP contribution in [0.3, 0.4) is 0 Å². The van der Waals surface area contributed by atoms with Crippen molar-refractivity contribution >= 4 is 49.7 Å². The van der Waals surface area contributed by atoms with Crippen LogP contribution in [0.5, 0.6) is 5.75 Å². The first-order chi connectivity index (χ1) is 15.0. The van der Waals surface area contributed by atoms with Gasteiger partial charge in [0.2, 0.25) is 0 Å². The van der Waals surface area contributed by atoms with E-state index in [0.29, 0.717) is 36.7 Å². The zero-order valence-corrected chi connectivity index (χ0v) is 17.8. The number of rotatable bonds is 3. The van der Waals surface area contributed by atoms with Crippen LogP contribution >= 0.6 is 11.3 Å². The number of nitrogen functional groups attached to an aromatic ring is 1. The van der Waals surface area contributed by atoms with Crippen molar-refractivity contribution in [3.63, 3.8) is 0 Å². The highest BCUT2D eigenvalue weighted by Crippen LogP contribution is 2.36. The van der Waals surface area contributed by atoms with Crippen molar-refractivity contribution in [3.05, 3.63) is 59.2 Å². The highest BCUT2D eigenvalue weighted by Gasteiger charge is 2.26. The number of fused-ring (bicyclic) bond motifs is 2. The van der Waals surface area contributed by atoms with Gasteiger partial charge < -0.3 is 20.3 Å². The van der Waals surface area contributed by atoms with Crippen molar-refractivity contribution in [2.45, 2.75) is 0 Å². The number of nitrogens with two attached hydrogens (primary N) is 1. The number of carbonyl (C=O) groups is 1. The van der Waals surface area contributed by atoms with E-state index >= 15 is 0 Å². The van der Waals surface area contributed by atoms with E-state index in [4.69, 9.17) is 15.5 Å². The van der Waals surface area contributed by atoms with E-state index in [-0.39, 0.29) is 11.7 Å². The fraction of sp³-hybridized carbons (Fsp3) is 0.217. The molecule has 4 aromatic rings. The standard InChI is InChI=1S/C23H21FN4O2S/c1-30-17-6-7-19-14(12-17)13-18-20(25)21(31-22(18)26-19)23(29)28-10-8-27(9-11-28)16-4-2-15(24)3-5-16/h2-7,12-13H,8-11,25H2,1H3. The molecule has 2 aromatic heterocycles. The number of nitrogens with zero attached hydrogens (tertiary/aromatic N) is 3. The van der Waals surface area contributed by atoms with Crippen LogP contribution in [0.4, 0.5) is 15.8 Å². The van der Waals surface area contributed by atoms with Crippen LogP contribution in [-0.2, 0) is 0 Å². The molecule has 2 aromatic carbocycles. The number of hydrogen-bond donors (Lipinski definition) is 1. The van der Waals surface area contributed by atoms with Gasteiger partial charge >= 0.3 is 0 Å². The van der Waals surface area contributed by atoms with Crippen molar-refractivity contribution < 1.29 is 13.9 Å². The topological polar surface area (TPSA) is 71.7 Å². The monoisotopic (exact) mass is 436 g/mol. The number of halogens is 1. The summed E-state index contributed by atoms with van der Waals surface area (Å²) in [6.45, 7) is 2.53. The average molecular weight is 437 g/mol. The molecule has 8 heteroatoms. The predicted molar refractivity (Wildman–Crippen MR) is 123 cm³/mol. The summed E-state index contributed by atoms with van der Waals surface area (Å²) < 4.78 is 18.5. The molecule has 1 aliphatic heterocycles. The number of aromatic nitrogens is 1. The van der Waals surface area contributed by atoms with Crippen LogP contribution in [0.15, 0.2) is 48.5 Å². The molecular weight excluding hydrogens is 415 g/mol. The molecule has 0 unspecified atom stereocenters. The Balaban J connectivity index is 1.39. The highest BCUT2D eigenvalue weighted by molar-refractivity contribution is 7.21. The molecule has 158 valence electrons. The molecule has 5 rings (SSSR count). The summed E-state index contributed by atoms with van der Waals surface area (Å²) in [5.41, 5.74) is 8.66. The minimum absolute atomic E-state index is 0.0686. The third-order valence-electron chi connectivity index (χ3n) is 5.67. The molecule has 1 fully saturated rings. The SMILES string of the molecule is COc1ccc2nc3sc(C(=O)N4CCN(c5ccc(F)cc5)CC4)c(N)c3cc2c1. The maximum Gasteiger partial charge on any atom is 0.266 e. The van der Waals surface area contributed by atoms with E-state index in [9.17, 15) is 9.18 Å². The molecule has 1 amide bonds. The molecular formula is C23H21FN4O2S. The maximum atomic E-state index is 13.2. The van der Waals surface area contributed by atoms with Gasteiger partial charge in [-0.3, -0.25) is 4.79 Å². The van der Waals surface area contributed by atoms with Crippen molar-refractivity contribution in [1.82, 2.24) is 9.88 Å². The number of pyridine rings is 1. The van der Waals surface area contributed by atoms with E-state index in [1.54, 1.807) is 19.2 Å².